The summed E-state index contributed by atoms with van der Waals surface area (Å²) in [6, 6.07) is 16.0. The lowest BCUT2D eigenvalue weighted by atomic mass is 10.1. The van der Waals surface area contributed by atoms with E-state index in [-0.39, 0.29) is 25.6 Å². The number of rotatable bonds is 6. The van der Waals surface area contributed by atoms with Crippen LogP contribution in [0.2, 0.25) is 0 Å². The van der Waals surface area contributed by atoms with Crippen LogP contribution >= 0.6 is 0 Å². The molecule has 0 radical (unpaired) electrons. The smallest absolute Gasteiger partial charge is 0.338 e. The first-order chi connectivity index (χ1) is 12.6. The summed E-state index contributed by atoms with van der Waals surface area (Å²) in [5, 5.41) is 2.47. The van der Waals surface area contributed by atoms with Crippen molar-refractivity contribution in [3.63, 3.8) is 0 Å². The molecular weight excluding hydrogens is 332 g/mol. The molecule has 1 N–H and O–H groups in total. The minimum Gasteiger partial charge on any atom is -0.458 e. The van der Waals surface area contributed by atoms with Crippen molar-refractivity contribution in [2.45, 2.75) is 6.54 Å². The van der Waals surface area contributed by atoms with Crippen LogP contribution in [0, 0.1) is 0 Å². The highest BCUT2D eigenvalue weighted by molar-refractivity contribution is 6.01. The van der Waals surface area contributed by atoms with Crippen molar-refractivity contribution in [1.82, 2.24) is 10.2 Å². The summed E-state index contributed by atoms with van der Waals surface area (Å²) in [5.74, 6) is -0.687. The summed E-state index contributed by atoms with van der Waals surface area (Å²) in [5.41, 5.74) is 2.21. The van der Waals surface area contributed by atoms with E-state index >= 15 is 0 Å². The van der Waals surface area contributed by atoms with E-state index < -0.39 is 12.0 Å². The number of amides is 3. The molecule has 1 heterocycles. The standard InChI is InChI=1S/C20H18N2O4/c23-18-13-21-20(25)22(18)14-16-8-10-17(11-9-16)19(24)26-12-4-7-15-5-2-1-3-6-15/h1-11H,12-14H2,(H,21,25)/b7-4+. The number of hydrogen-bond donors (Lipinski definition) is 1. The quantitative estimate of drug-likeness (QED) is 0.642. The van der Waals surface area contributed by atoms with Crippen molar-refractivity contribution >= 4 is 24.0 Å². The number of ether oxygens (including phenoxy) is 1. The highest BCUT2D eigenvalue weighted by Crippen LogP contribution is 2.11. The molecule has 0 spiro atoms. The Kier molecular flexibility index (Phi) is 5.43. The molecule has 3 amide bonds. The van der Waals surface area contributed by atoms with Gasteiger partial charge in [-0.2, -0.15) is 0 Å². The normalized spacial score (nSPS) is 13.9. The van der Waals surface area contributed by atoms with E-state index in [1.165, 1.54) is 0 Å². The Labute approximate surface area is 151 Å². The fraction of sp³-hybridized carbons (Fsp3) is 0.150. The predicted molar refractivity (Wildman–Crippen MR) is 96.1 cm³/mol. The van der Waals surface area contributed by atoms with Crippen LogP contribution in [-0.2, 0) is 16.1 Å². The van der Waals surface area contributed by atoms with Gasteiger partial charge in [-0.3, -0.25) is 9.69 Å². The van der Waals surface area contributed by atoms with Crippen LogP contribution in [0.25, 0.3) is 6.08 Å². The third kappa shape index (κ3) is 4.36. The second kappa shape index (κ2) is 8.11. The molecule has 6 heteroatoms. The Morgan fingerprint density at radius 3 is 2.46 bits per heavy atom. The summed E-state index contributed by atoms with van der Waals surface area (Å²) in [4.78, 5) is 36.3. The molecule has 132 valence electrons. The number of esters is 1. The molecular formula is C20H18N2O4. The molecule has 0 aliphatic carbocycles. The Balaban J connectivity index is 1.51. The number of carbonyl (C=O) groups is 3. The second-order valence-corrected chi connectivity index (χ2v) is 5.75. The van der Waals surface area contributed by atoms with Gasteiger partial charge in [-0.05, 0) is 29.3 Å². The number of nitrogens with zero attached hydrogens (tertiary/aromatic N) is 1. The highest BCUT2D eigenvalue weighted by atomic mass is 16.5. The van der Waals surface area contributed by atoms with Crippen molar-refractivity contribution in [2.24, 2.45) is 0 Å². The van der Waals surface area contributed by atoms with Crippen LogP contribution < -0.4 is 5.32 Å². The largest absolute Gasteiger partial charge is 0.458 e. The summed E-state index contributed by atoms with van der Waals surface area (Å²) in [7, 11) is 0. The van der Waals surface area contributed by atoms with Gasteiger partial charge in [0.25, 0.3) is 0 Å². The number of nitrogens with one attached hydrogen (secondary N) is 1. The summed E-state index contributed by atoms with van der Waals surface area (Å²) in [6.45, 7) is 0.386. The Morgan fingerprint density at radius 1 is 1.08 bits per heavy atom. The van der Waals surface area contributed by atoms with Gasteiger partial charge >= 0.3 is 12.0 Å². The number of benzene rings is 2. The van der Waals surface area contributed by atoms with Crippen molar-refractivity contribution in [3.05, 3.63) is 77.4 Å². The molecule has 1 aliphatic heterocycles. The molecule has 6 nitrogen and oxygen atoms in total. The molecule has 0 saturated carbocycles. The monoisotopic (exact) mass is 350 g/mol. The fourth-order valence-corrected chi connectivity index (χ4v) is 2.50. The van der Waals surface area contributed by atoms with Gasteiger partial charge in [-0.25, -0.2) is 9.59 Å². The van der Waals surface area contributed by atoms with Crippen LogP contribution in [0.15, 0.2) is 60.7 Å². The van der Waals surface area contributed by atoms with Gasteiger partial charge in [-0.1, -0.05) is 48.5 Å². The summed E-state index contributed by atoms with van der Waals surface area (Å²) in [6.07, 6.45) is 3.66. The average Bonchev–Trinajstić information content (AvgIpc) is 2.98. The molecule has 26 heavy (non-hydrogen) atoms. The number of imide groups is 1. The van der Waals surface area contributed by atoms with Crippen LogP contribution in [0.4, 0.5) is 4.79 Å². The lowest BCUT2D eigenvalue weighted by Gasteiger charge is -2.12. The molecule has 3 rings (SSSR count). The van der Waals surface area contributed by atoms with Crippen molar-refractivity contribution in [2.75, 3.05) is 13.2 Å². The van der Waals surface area contributed by atoms with E-state index in [4.69, 9.17) is 4.74 Å². The number of hydrogen-bond acceptors (Lipinski definition) is 4. The van der Waals surface area contributed by atoms with Gasteiger partial charge in [0.2, 0.25) is 5.91 Å². The molecule has 0 bridgehead atoms. The summed E-state index contributed by atoms with van der Waals surface area (Å²) < 4.78 is 5.20. The molecule has 1 saturated heterocycles. The van der Waals surface area contributed by atoms with Gasteiger partial charge in [0, 0.05) is 0 Å². The first-order valence-corrected chi connectivity index (χ1v) is 8.19. The minimum atomic E-state index is -0.427. The number of urea groups is 1. The van der Waals surface area contributed by atoms with E-state index in [2.05, 4.69) is 5.32 Å². The van der Waals surface area contributed by atoms with E-state index in [0.29, 0.717) is 5.56 Å². The van der Waals surface area contributed by atoms with Gasteiger partial charge in [-0.15, -0.1) is 0 Å². The maximum Gasteiger partial charge on any atom is 0.338 e. The molecule has 2 aromatic rings. The lowest BCUT2D eigenvalue weighted by molar-refractivity contribution is -0.125. The maximum absolute atomic E-state index is 12.0. The molecule has 0 unspecified atom stereocenters. The molecule has 2 aromatic carbocycles. The average molecular weight is 350 g/mol. The zero-order valence-corrected chi connectivity index (χ0v) is 14.1. The van der Waals surface area contributed by atoms with Crippen molar-refractivity contribution in [1.29, 1.82) is 0 Å². The Bertz CT molecular complexity index is 813. The fourth-order valence-electron chi connectivity index (χ4n) is 2.50. The van der Waals surface area contributed by atoms with E-state index in [0.717, 1.165) is 16.0 Å². The van der Waals surface area contributed by atoms with E-state index in [9.17, 15) is 14.4 Å². The Morgan fingerprint density at radius 2 is 1.81 bits per heavy atom. The van der Waals surface area contributed by atoms with Gasteiger partial charge in [0.1, 0.15) is 6.61 Å². The van der Waals surface area contributed by atoms with E-state index in [1.54, 1.807) is 30.3 Å². The van der Waals surface area contributed by atoms with Crippen LogP contribution in [0.1, 0.15) is 21.5 Å². The van der Waals surface area contributed by atoms with E-state index in [1.807, 2.05) is 36.4 Å². The zero-order chi connectivity index (χ0) is 18.4. The SMILES string of the molecule is O=C(OC/C=C/c1ccccc1)c1ccc(CN2C(=O)CNC2=O)cc1. The Hall–Kier alpha value is -3.41. The molecule has 0 atom stereocenters. The summed E-state index contributed by atoms with van der Waals surface area (Å²) >= 11 is 0. The number of carbonyl (C=O) groups excluding carboxylic acids is 3. The van der Waals surface area contributed by atoms with Gasteiger partial charge in [0.15, 0.2) is 0 Å². The van der Waals surface area contributed by atoms with Crippen molar-refractivity contribution < 1.29 is 19.1 Å². The highest BCUT2D eigenvalue weighted by Gasteiger charge is 2.28. The third-order valence-electron chi connectivity index (χ3n) is 3.89. The lowest BCUT2D eigenvalue weighted by Crippen LogP contribution is -2.30. The topological polar surface area (TPSA) is 75.7 Å². The van der Waals surface area contributed by atoms with Crippen LogP contribution in [-0.4, -0.2) is 36.0 Å². The maximum atomic E-state index is 12.0. The second-order valence-electron chi connectivity index (χ2n) is 5.75. The third-order valence-corrected chi connectivity index (χ3v) is 3.89. The molecule has 1 aliphatic rings. The van der Waals surface area contributed by atoms with Crippen LogP contribution in [0.3, 0.4) is 0 Å². The molecule has 1 fully saturated rings. The van der Waals surface area contributed by atoms with Crippen LogP contribution in [0.5, 0.6) is 0 Å². The first-order valence-electron chi connectivity index (χ1n) is 8.19. The van der Waals surface area contributed by atoms with Gasteiger partial charge in [0.05, 0.1) is 18.7 Å². The first kappa shape index (κ1) is 17.4. The minimum absolute atomic E-state index is 0.0275. The predicted octanol–water partition coefficient (Wildman–Crippen LogP) is 2.61. The van der Waals surface area contributed by atoms with Crippen molar-refractivity contribution in [3.8, 4) is 0 Å². The molecule has 0 aromatic heterocycles. The zero-order valence-electron chi connectivity index (χ0n) is 14.1. The van der Waals surface area contributed by atoms with Gasteiger partial charge < -0.3 is 10.1 Å².